The highest BCUT2D eigenvalue weighted by molar-refractivity contribution is 6.30. The van der Waals surface area contributed by atoms with E-state index in [1.807, 2.05) is 76.2 Å². The van der Waals surface area contributed by atoms with E-state index in [2.05, 4.69) is 61.5 Å². The number of fused-ring (bicyclic) bond motifs is 3. The van der Waals surface area contributed by atoms with Gasteiger partial charge in [0.15, 0.2) is 0 Å². The smallest absolute Gasteiger partial charge is 0.276 e. The molecule has 7 aromatic rings. The van der Waals surface area contributed by atoms with Crippen molar-refractivity contribution in [3.8, 4) is 0 Å². The number of halogens is 2. The summed E-state index contributed by atoms with van der Waals surface area (Å²) in [6, 6.07) is 17.2. The Labute approximate surface area is 492 Å². The molecule has 0 saturated carbocycles. The predicted octanol–water partition coefficient (Wildman–Crippen LogP) is 5.90. The Bertz CT molecular complexity index is 3650. The molecule has 3 atom stereocenters. The Morgan fingerprint density at radius 3 is 1.18 bits per heavy atom. The Hall–Kier alpha value is -9.43. The van der Waals surface area contributed by atoms with E-state index in [1.54, 1.807) is 74.0 Å². The molecule has 444 valence electrons. The van der Waals surface area contributed by atoms with Crippen molar-refractivity contribution in [3.05, 3.63) is 179 Å². The number of Topliss-reactive ketones (excluding diaryl/α,β-unsaturated/α-hetero) is 1. The average Bonchev–Trinajstić information content (AvgIpc) is 1.78. The lowest BCUT2D eigenvalue weighted by molar-refractivity contribution is -0.119. The Morgan fingerprint density at radius 2 is 0.881 bits per heavy atom. The molecule has 0 radical (unpaired) electrons. The van der Waals surface area contributed by atoms with E-state index in [1.165, 1.54) is 50.9 Å². The zero-order chi connectivity index (χ0) is 62.6. The first-order valence-electron chi connectivity index (χ1n) is 26.1. The van der Waals surface area contributed by atoms with Gasteiger partial charge in [-0.1, -0.05) is 78.6 Å². The van der Waals surface area contributed by atoms with Gasteiger partial charge in [0.1, 0.15) is 103 Å². The second-order valence-corrected chi connectivity index (χ2v) is 21.6. The standard InChI is InChI=1S/2C15H17N5O2.C11H13ClN2O2.C6H5ClN2O2.C5H10O.C4H5N3/c2*1-9(2)15(3)19-13(21)11-5-4-10(14(22)20(11)15)18-12-6-7-16-8-17-12;1-6(2)11(3)13-9(15)8-5-4-7(12)10(16)14(8)11;7-3-1-2-4(5(8)10)9-6(3)11;1-4(2)5(3)6;5-4-1-2-6-3-7-4/h2*4-9H,1-3H3,(H,19,21)(H,16,17,18);4-6H,1-3H3,(H,13,15);1-2H,(H2,8,10)(H,9,11);4H,1-3H3;1-3H,(H2,5,6,7). The number of hydrogen-bond donors (Lipinski definition) is 8. The van der Waals surface area contributed by atoms with E-state index in [4.69, 9.17) is 34.7 Å². The Kier molecular flexibility index (Phi) is 21.5. The van der Waals surface area contributed by atoms with Crippen LogP contribution in [0.25, 0.3) is 0 Å². The SMILES string of the molecule is CC(=O)C(C)C.CC(C)C1(C)NC(=O)c2ccc(Cl)c(=O)n21.CC(C)C1(C)NC(=O)c2ccc(Nc3ccncn3)c(=O)n21.CC(C)C1(C)NC(=O)c2ccc(Nc3ccncn3)c(=O)n21.NC(=O)c1ccc(Cl)c(=O)[nH]1.Nc1ccncn1. The minimum absolute atomic E-state index is 0.0370. The number of nitrogens with zero attached hydrogens (tertiary/aromatic N) is 9. The number of pyridine rings is 4. The second kappa shape index (κ2) is 27.6. The number of ketones is 1. The van der Waals surface area contributed by atoms with Crippen LogP contribution >= 0.6 is 23.2 Å². The van der Waals surface area contributed by atoms with Crippen LogP contribution < -0.4 is 60.3 Å². The number of primary amides is 1. The van der Waals surface area contributed by atoms with Crippen molar-refractivity contribution in [1.29, 1.82) is 0 Å². The summed E-state index contributed by atoms with van der Waals surface area (Å²) in [5.41, 5.74) is 8.44. The molecule has 0 bridgehead atoms. The summed E-state index contributed by atoms with van der Waals surface area (Å²) in [7, 11) is 0. The Morgan fingerprint density at radius 1 is 0.524 bits per heavy atom. The van der Waals surface area contributed by atoms with Crippen LogP contribution in [0.5, 0.6) is 0 Å². The van der Waals surface area contributed by atoms with Crippen molar-refractivity contribution in [3.63, 3.8) is 0 Å². The highest BCUT2D eigenvalue weighted by Crippen LogP contribution is 2.32. The molecular weight excluding hydrogens is 1130 g/mol. The van der Waals surface area contributed by atoms with Crippen molar-refractivity contribution in [1.82, 2.24) is 64.5 Å². The van der Waals surface area contributed by atoms with Crippen LogP contribution in [-0.4, -0.2) is 78.0 Å². The number of carbonyl (C=O) groups is 5. The molecule has 10 rings (SSSR count). The first kappa shape index (κ1) is 65.4. The van der Waals surface area contributed by atoms with Crippen LogP contribution in [0.2, 0.25) is 10.0 Å². The summed E-state index contributed by atoms with van der Waals surface area (Å²) in [6.45, 7) is 22.7. The maximum absolute atomic E-state index is 12.8. The molecule has 28 heteroatoms. The summed E-state index contributed by atoms with van der Waals surface area (Å²) in [4.78, 5) is 130. The van der Waals surface area contributed by atoms with Crippen LogP contribution in [0.1, 0.15) is 125 Å². The first-order chi connectivity index (χ1) is 39.4. The van der Waals surface area contributed by atoms with Gasteiger partial charge in [0.2, 0.25) is 0 Å². The normalized spacial score (nSPS) is 17.5. The van der Waals surface area contributed by atoms with Crippen molar-refractivity contribution in [2.75, 3.05) is 16.4 Å². The molecule has 0 aromatic carbocycles. The molecule has 3 aliphatic heterocycles. The molecule has 3 aliphatic rings. The van der Waals surface area contributed by atoms with Gasteiger partial charge in [-0.15, -0.1) is 0 Å². The monoisotopic (exact) mass is 1190 g/mol. The van der Waals surface area contributed by atoms with Crippen LogP contribution in [0, 0.1) is 23.7 Å². The van der Waals surface area contributed by atoms with Crippen LogP contribution in [-0.2, 0) is 21.8 Å². The van der Waals surface area contributed by atoms with Gasteiger partial charge in [-0.2, -0.15) is 0 Å². The highest BCUT2D eigenvalue weighted by Gasteiger charge is 2.44. The number of aromatic amines is 1. The molecule has 10 N–H and O–H groups in total. The van der Waals surface area contributed by atoms with Crippen molar-refractivity contribution in [2.45, 2.75) is 100 Å². The maximum atomic E-state index is 12.8. The molecule has 84 heavy (non-hydrogen) atoms. The van der Waals surface area contributed by atoms with Gasteiger partial charge < -0.3 is 43.0 Å². The number of amides is 4. The number of nitrogens with one attached hydrogen (secondary N) is 6. The molecule has 3 unspecified atom stereocenters. The minimum Gasteiger partial charge on any atom is -0.384 e. The summed E-state index contributed by atoms with van der Waals surface area (Å²) in [5.74, 6) is 0.859. The fraction of sp³-hybridized carbons (Fsp3) is 0.339. The Balaban J connectivity index is 0.000000195. The predicted molar refractivity (Wildman–Crippen MR) is 318 cm³/mol. The third kappa shape index (κ3) is 15.0. The van der Waals surface area contributed by atoms with E-state index in [9.17, 15) is 43.2 Å². The number of anilines is 5. The second-order valence-electron chi connectivity index (χ2n) is 20.8. The number of aromatic nitrogens is 10. The average molecular weight is 1190 g/mol. The van der Waals surface area contributed by atoms with E-state index in [0.717, 1.165) is 0 Å². The molecule has 26 nitrogen and oxygen atoms in total. The maximum Gasteiger partial charge on any atom is 0.276 e. The van der Waals surface area contributed by atoms with Crippen molar-refractivity contribution >= 4 is 81.4 Å². The number of carbonyl (C=O) groups excluding carboxylic acids is 5. The molecule has 7 aromatic heterocycles. The van der Waals surface area contributed by atoms with E-state index < -0.39 is 28.5 Å². The summed E-state index contributed by atoms with van der Waals surface area (Å²) in [5, 5.41) is 14.7. The molecule has 0 aliphatic carbocycles. The fourth-order valence-electron chi connectivity index (χ4n) is 7.86. The molecule has 10 heterocycles. The number of H-pyrrole nitrogens is 1. The molecule has 4 amide bonds. The zero-order valence-corrected chi connectivity index (χ0v) is 49.7. The molecule has 0 spiro atoms. The van der Waals surface area contributed by atoms with Gasteiger partial charge in [-0.25, -0.2) is 29.9 Å². The summed E-state index contributed by atoms with van der Waals surface area (Å²) >= 11 is 11.2. The van der Waals surface area contributed by atoms with Gasteiger partial charge in [0.05, 0.1) is 0 Å². The minimum atomic E-state index is -0.743. The summed E-state index contributed by atoms with van der Waals surface area (Å²) in [6.07, 6.45) is 8.98. The van der Waals surface area contributed by atoms with Crippen molar-refractivity contribution < 1.29 is 24.0 Å². The van der Waals surface area contributed by atoms with E-state index in [0.29, 0.717) is 45.9 Å². The number of rotatable bonds is 9. The van der Waals surface area contributed by atoms with Gasteiger partial charge in [-0.3, -0.25) is 56.9 Å². The zero-order valence-electron chi connectivity index (χ0n) is 48.2. The van der Waals surface area contributed by atoms with Gasteiger partial charge in [0, 0.05) is 24.5 Å². The third-order valence-corrected chi connectivity index (χ3v) is 14.6. The number of nitrogens with two attached hydrogens (primary N) is 2. The number of hydrogen-bond acceptors (Lipinski definition) is 18. The van der Waals surface area contributed by atoms with Crippen LogP contribution in [0.15, 0.2) is 123 Å². The lowest BCUT2D eigenvalue weighted by atomic mass is 9.98. The van der Waals surface area contributed by atoms with Crippen LogP contribution in [0.3, 0.4) is 0 Å². The van der Waals surface area contributed by atoms with Gasteiger partial charge in [-0.05, 0) is 112 Å². The summed E-state index contributed by atoms with van der Waals surface area (Å²) < 4.78 is 4.48. The van der Waals surface area contributed by atoms with E-state index in [-0.39, 0.29) is 79.6 Å². The molecular formula is C56H67Cl2N17O9. The first-order valence-corrected chi connectivity index (χ1v) is 26.8. The quantitative estimate of drug-likeness (QED) is 0.0834. The largest absolute Gasteiger partial charge is 0.384 e. The molecule has 0 saturated heterocycles. The lowest BCUT2D eigenvalue weighted by Gasteiger charge is -2.31. The topological polar surface area (TPSA) is 374 Å². The molecule has 0 fully saturated rings. The van der Waals surface area contributed by atoms with E-state index >= 15 is 0 Å². The van der Waals surface area contributed by atoms with Gasteiger partial charge in [0.25, 0.3) is 45.9 Å². The van der Waals surface area contributed by atoms with Crippen molar-refractivity contribution in [2.24, 2.45) is 29.4 Å². The number of nitrogen functional groups attached to an aromatic ring is 1. The highest BCUT2D eigenvalue weighted by atomic mass is 35.5. The third-order valence-electron chi connectivity index (χ3n) is 14.0. The van der Waals surface area contributed by atoms with Crippen LogP contribution in [0.4, 0.5) is 28.8 Å². The fourth-order valence-corrected chi connectivity index (χ4v) is 8.12. The lowest BCUT2D eigenvalue weighted by Crippen LogP contribution is -2.49. The van der Waals surface area contributed by atoms with Gasteiger partial charge >= 0.3 is 0 Å².